The van der Waals surface area contributed by atoms with Crippen LogP contribution in [0.25, 0.3) is 0 Å². The van der Waals surface area contributed by atoms with E-state index in [9.17, 15) is 4.79 Å². The lowest BCUT2D eigenvalue weighted by Gasteiger charge is -2.20. The quantitative estimate of drug-likeness (QED) is 0.896. The van der Waals surface area contributed by atoms with Gasteiger partial charge in [-0.2, -0.15) is 0 Å². The van der Waals surface area contributed by atoms with Gasteiger partial charge in [0, 0.05) is 23.8 Å². The third kappa shape index (κ3) is 5.27. The number of nitrogens with one attached hydrogen (secondary N) is 1. The molecule has 0 unspecified atom stereocenters. The normalized spacial score (nSPS) is 16.5. The molecule has 20 heavy (non-hydrogen) atoms. The van der Waals surface area contributed by atoms with Crippen molar-refractivity contribution in [2.24, 2.45) is 11.7 Å². The number of rotatable bonds is 3. The molecule has 114 valence electrons. The van der Waals surface area contributed by atoms with Gasteiger partial charge in [-0.3, -0.25) is 9.78 Å². The summed E-state index contributed by atoms with van der Waals surface area (Å²) in [4.78, 5) is 16.3. The zero-order chi connectivity index (χ0) is 13.0. The third-order valence-corrected chi connectivity index (χ3v) is 3.49. The first-order chi connectivity index (χ1) is 8.66. The van der Waals surface area contributed by atoms with Crippen molar-refractivity contribution in [3.63, 3.8) is 0 Å². The molecule has 0 spiro atoms. The Kier molecular flexibility index (Phi) is 8.78. The Morgan fingerprint density at radius 2 is 2.00 bits per heavy atom. The number of aromatic nitrogens is 1. The topological polar surface area (TPSA) is 68.0 Å². The second kappa shape index (κ2) is 9.16. The SMILES string of the molecule is C[C@@H](N)c1cc(NC(=O)C2CCCCC2)ccn1.Cl.Cl. The average molecular weight is 320 g/mol. The highest BCUT2D eigenvalue weighted by atomic mass is 35.5. The molecule has 1 saturated carbocycles. The van der Waals surface area contributed by atoms with Crippen LogP contribution in [-0.4, -0.2) is 10.9 Å². The molecule has 1 aliphatic rings. The van der Waals surface area contributed by atoms with E-state index in [1.54, 1.807) is 6.20 Å². The number of nitrogens with two attached hydrogens (primary N) is 1. The summed E-state index contributed by atoms with van der Waals surface area (Å²) >= 11 is 0. The Balaban J connectivity index is 0.00000180. The minimum absolute atomic E-state index is 0. The van der Waals surface area contributed by atoms with E-state index in [-0.39, 0.29) is 42.7 Å². The van der Waals surface area contributed by atoms with Crippen molar-refractivity contribution in [1.82, 2.24) is 4.98 Å². The number of pyridine rings is 1. The molecule has 1 aromatic rings. The van der Waals surface area contributed by atoms with Gasteiger partial charge < -0.3 is 11.1 Å². The first kappa shape index (κ1) is 19.2. The summed E-state index contributed by atoms with van der Waals surface area (Å²) in [5.74, 6) is 0.308. The van der Waals surface area contributed by atoms with E-state index >= 15 is 0 Å². The molecular formula is C14H23Cl2N3O. The number of halogens is 2. The maximum absolute atomic E-state index is 12.1. The smallest absolute Gasteiger partial charge is 0.227 e. The van der Waals surface area contributed by atoms with Gasteiger partial charge in [0.25, 0.3) is 0 Å². The molecule has 1 heterocycles. The molecule has 1 aliphatic carbocycles. The summed E-state index contributed by atoms with van der Waals surface area (Å²) < 4.78 is 0. The Morgan fingerprint density at radius 1 is 1.35 bits per heavy atom. The number of carbonyl (C=O) groups excluding carboxylic acids is 1. The summed E-state index contributed by atoms with van der Waals surface area (Å²) in [7, 11) is 0. The highest BCUT2D eigenvalue weighted by Gasteiger charge is 2.21. The fraction of sp³-hybridized carbons (Fsp3) is 0.571. The fourth-order valence-electron chi connectivity index (χ4n) is 2.38. The monoisotopic (exact) mass is 319 g/mol. The van der Waals surface area contributed by atoms with Crippen molar-refractivity contribution in [3.8, 4) is 0 Å². The van der Waals surface area contributed by atoms with Crippen LogP contribution in [0, 0.1) is 5.92 Å². The average Bonchev–Trinajstić information content (AvgIpc) is 2.40. The van der Waals surface area contributed by atoms with E-state index < -0.39 is 0 Å². The Bertz CT molecular complexity index is 421. The molecule has 0 aromatic carbocycles. The minimum Gasteiger partial charge on any atom is -0.326 e. The summed E-state index contributed by atoms with van der Waals surface area (Å²) in [6, 6.07) is 3.55. The van der Waals surface area contributed by atoms with Crippen LogP contribution < -0.4 is 11.1 Å². The number of amides is 1. The molecule has 1 fully saturated rings. The third-order valence-electron chi connectivity index (χ3n) is 3.49. The first-order valence-corrected chi connectivity index (χ1v) is 6.69. The van der Waals surface area contributed by atoms with E-state index in [4.69, 9.17) is 5.73 Å². The van der Waals surface area contributed by atoms with Gasteiger partial charge in [-0.25, -0.2) is 0 Å². The Morgan fingerprint density at radius 3 is 2.60 bits per heavy atom. The maximum Gasteiger partial charge on any atom is 0.227 e. The molecule has 0 aliphatic heterocycles. The molecular weight excluding hydrogens is 297 g/mol. The molecule has 1 atom stereocenters. The van der Waals surface area contributed by atoms with E-state index in [0.717, 1.165) is 24.2 Å². The largest absolute Gasteiger partial charge is 0.326 e. The second-order valence-electron chi connectivity index (χ2n) is 5.08. The number of hydrogen-bond acceptors (Lipinski definition) is 3. The Hall–Kier alpha value is -0.840. The van der Waals surface area contributed by atoms with Gasteiger partial charge in [0.2, 0.25) is 5.91 Å². The maximum atomic E-state index is 12.1. The van der Waals surface area contributed by atoms with Crippen molar-refractivity contribution < 1.29 is 4.79 Å². The molecule has 1 aromatic heterocycles. The van der Waals surface area contributed by atoms with Crippen LogP contribution in [0.1, 0.15) is 50.8 Å². The molecule has 6 heteroatoms. The molecule has 1 amide bonds. The van der Waals surface area contributed by atoms with Gasteiger partial charge in [0.15, 0.2) is 0 Å². The molecule has 0 bridgehead atoms. The standard InChI is InChI=1S/C14H21N3O.2ClH/c1-10(15)13-9-12(7-8-16-13)17-14(18)11-5-3-2-4-6-11;;/h7-11H,2-6,15H2,1H3,(H,16,17,18);2*1H/t10-;;/m1../s1. The van der Waals surface area contributed by atoms with Crippen molar-refractivity contribution in [3.05, 3.63) is 24.0 Å². The first-order valence-electron chi connectivity index (χ1n) is 6.69. The molecule has 3 N–H and O–H groups in total. The molecule has 0 saturated heterocycles. The van der Waals surface area contributed by atoms with Crippen molar-refractivity contribution in [1.29, 1.82) is 0 Å². The fourth-order valence-corrected chi connectivity index (χ4v) is 2.38. The van der Waals surface area contributed by atoms with Crippen LogP contribution in [0.3, 0.4) is 0 Å². The number of anilines is 1. The summed E-state index contributed by atoms with van der Waals surface area (Å²) in [6.07, 6.45) is 7.30. The molecule has 0 radical (unpaired) electrons. The number of nitrogens with zero attached hydrogens (tertiary/aromatic N) is 1. The number of hydrogen-bond donors (Lipinski definition) is 2. The van der Waals surface area contributed by atoms with Gasteiger partial charge in [0.1, 0.15) is 0 Å². The highest BCUT2D eigenvalue weighted by Crippen LogP contribution is 2.25. The van der Waals surface area contributed by atoms with Gasteiger partial charge in [0.05, 0.1) is 5.69 Å². The van der Waals surface area contributed by atoms with Crippen LogP contribution in [-0.2, 0) is 4.79 Å². The van der Waals surface area contributed by atoms with Gasteiger partial charge in [-0.1, -0.05) is 19.3 Å². The minimum atomic E-state index is -0.114. The lowest BCUT2D eigenvalue weighted by molar-refractivity contribution is -0.120. The van der Waals surface area contributed by atoms with Gasteiger partial charge in [-0.15, -0.1) is 24.8 Å². The van der Waals surface area contributed by atoms with Crippen molar-refractivity contribution in [2.45, 2.75) is 45.1 Å². The van der Waals surface area contributed by atoms with E-state index in [2.05, 4.69) is 10.3 Å². The zero-order valence-electron chi connectivity index (χ0n) is 11.7. The van der Waals surface area contributed by atoms with E-state index in [1.807, 2.05) is 19.1 Å². The zero-order valence-corrected chi connectivity index (χ0v) is 13.3. The van der Waals surface area contributed by atoms with E-state index in [0.29, 0.717) is 0 Å². The van der Waals surface area contributed by atoms with Crippen molar-refractivity contribution in [2.75, 3.05) is 5.32 Å². The van der Waals surface area contributed by atoms with Gasteiger partial charge in [-0.05, 0) is 31.9 Å². The lowest BCUT2D eigenvalue weighted by atomic mass is 9.88. The van der Waals surface area contributed by atoms with Crippen LogP contribution in [0.2, 0.25) is 0 Å². The summed E-state index contributed by atoms with van der Waals surface area (Å²) in [6.45, 7) is 1.88. The predicted molar refractivity (Wildman–Crippen MR) is 86.5 cm³/mol. The predicted octanol–water partition coefficient (Wildman–Crippen LogP) is 3.46. The number of carbonyl (C=O) groups is 1. The summed E-state index contributed by atoms with van der Waals surface area (Å²) in [5, 5.41) is 2.97. The van der Waals surface area contributed by atoms with Crippen LogP contribution in [0.15, 0.2) is 18.3 Å². The summed E-state index contributed by atoms with van der Waals surface area (Å²) in [5.41, 5.74) is 7.38. The van der Waals surface area contributed by atoms with Crippen LogP contribution in [0.4, 0.5) is 5.69 Å². The molecule has 2 rings (SSSR count). The van der Waals surface area contributed by atoms with Crippen molar-refractivity contribution >= 4 is 36.4 Å². The van der Waals surface area contributed by atoms with Crippen LogP contribution >= 0.6 is 24.8 Å². The van der Waals surface area contributed by atoms with E-state index in [1.165, 1.54) is 19.3 Å². The second-order valence-corrected chi connectivity index (χ2v) is 5.08. The Labute approximate surface area is 132 Å². The van der Waals surface area contributed by atoms with Gasteiger partial charge >= 0.3 is 0 Å². The lowest BCUT2D eigenvalue weighted by Crippen LogP contribution is -2.24. The molecule has 4 nitrogen and oxygen atoms in total. The van der Waals surface area contributed by atoms with Crippen LogP contribution in [0.5, 0.6) is 0 Å². The highest BCUT2D eigenvalue weighted by molar-refractivity contribution is 5.92.